The number of nitrogens with one attached hydrogen (secondary N) is 3. The van der Waals surface area contributed by atoms with Crippen LogP contribution in [0, 0.1) is 0 Å². The van der Waals surface area contributed by atoms with Gasteiger partial charge in [0, 0.05) is 19.1 Å². The summed E-state index contributed by atoms with van der Waals surface area (Å²) >= 11 is 0. The van der Waals surface area contributed by atoms with Gasteiger partial charge in [-0.1, -0.05) is 12.1 Å². The van der Waals surface area contributed by atoms with Gasteiger partial charge in [0.25, 0.3) is 0 Å². The minimum absolute atomic E-state index is 0.0124. The highest BCUT2D eigenvalue weighted by Crippen LogP contribution is 2.34. The molecule has 0 bridgehead atoms. The number of rotatable bonds is 4. The van der Waals surface area contributed by atoms with Gasteiger partial charge in [-0.25, -0.2) is 19.7 Å². The quantitative estimate of drug-likeness (QED) is 0.586. The van der Waals surface area contributed by atoms with Crippen molar-refractivity contribution in [3.63, 3.8) is 0 Å². The Labute approximate surface area is 179 Å². The maximum absolute atomic E-state index is 12.4. The van der Waals surface area contributed by atoms with Gasteiger partial charge in [-0.15, -0.1) is 0 Å². The van der Waals surface area contributed by atoms with Crippen molar-refractivity contribution < 1.29 is 14.3 Å². The van der Waals surface area contributed by atoms with E-state index in [9.17, 15) is 9.59 Å². The van der Waals surface area contributed by atoms with Crippen LogP contribution in [0.1, 0.15) is 27.2 Å². The number of aromatic nitrogens is 4. The van der Waals surface area contributed by atoms with Gasteiger partial charge in [0.05, 0.1) is 12.5 Å². The SMILES string of the molecule is COc1cccc2cc(-c3n[nH]c(=O)[nH]3)nc(N[C@H]3CCN(C(=O)OC(C)(C)C)C3)c12. The summed E-state index contributed by atoms with van der Waals surface area (Å²) in [6, 6.07) is 7.54. The summed E-state index contributed by atoms with van der Waals surface area (Å²) in [5, 5.41) is 11.5. The molecule has 10 nitrogen and oxygen atoms in total. The van der Waals surface area contributed by atoms with E-state index >= 15 is 0 Å². The average Bonchev–Trinajstić information content (AvgIpc) is 3.35. The van der Waals surface area contributed by atoms with Crippen molar-refractivity contribution in [2.45, 2.75) is 38.8 Å². The largest absolute Gasteiger partial charge is 0.496 e. The number of aromatic amines is 2. The summed E-state index contributed by atoms with van der Waals surface area (Å²) in [5.74, 6) is 1.63. The van der Waals surface area contributed by atoms with Crippen molar-refractivity contribution in [1.82, 2.24) is 25.1 Å². The number of carbonyl (C=O) groups excluding carboxylic acids is 1. The van der Waals surface area contributed by atoms with E-state index in [1.54, 1.807) is 12.0 Å². The Morgan fingerprint density at radius 1 is 1.32 bits per heavy atom. The van der Waals surface area contributed by atoms with Crippen molar-refractivity contribution in [1.29, 1.82) is 0 Å². The summed E-state index contributed by atoms with van der Waals surface area (Å²) in [7, 11) is 1.61. The Kier molecular flexibility index (Phi) is 5.30. The van der Waals surface area contributed by atoms with Crippen LogP contribution in [0.15, 0.2) is 29.1 Å². The fraction of sp³-hybridized carbons (Fsp3) is 0.429. The van der Waals surface area contributed by atoms with Crippen LogP contribution in [0.3, 0.4) is 0 Å². The first kappa shape index (κ1) is 20.7. The molecule has 1 saturated heterocycles. The second-order valence-corrected chi connectivity index (χ2v) is 8.50. The zero-order chi connectivity index (χ0) is 22.2. The van der Waals surface area contributed by atoms with Crippen LogP contribution in [0.25, 0.3) is 22.3 Å². The third kappa shape index (κ3) is 4.47. The zero-order valence-corrected chi connectivity index (χ0v) is 18.0. The van der Waals surface area contributed by atoms with Crippen LogP contribution in [-0.2, 0) is 4.74 Å². The van der Waals surface area contributed by atoms with Gasteiger partial charge in [0.2, 0.25) is 0 Å². The Bertz CT molecular complexity index is 1160. The number of anilines is 1. The lowest BCUT2D eigenvalue weighted by Gasteiger charge is -2.24. The van der Waals surface area contributed by atoms with Crippen molar-refractivity contribution in [3.05, 3.63) is 34.7 Å². The Morgan fingerprint density at radius 2 is 2.13 bits per heavy atom. The third-order valence-corrected chi connectivity index (χ3v) is 4.96. The molecule has 3 N–H and O–H groups in total. The number of ether oxygens (including phenoxy) is 2. The number of carbonyl (C=O) groups is 1. The summed E-state index contributed by atoms with van der Waals surface area (Å²) in [4.78, 5) is 32.9. The number of likely N-dealkylation sites (tertiary alicyclic amines) is 1. The number of methoxy groups -OCH3 is 1. The first-order chi connectivity index (χ1) is 14.7. The number of amides is 1. The van der Waals surface area contributed by atoms with Crippen molar-refractivity contribution in [2.75, 3.05) is 25.5 Å². The van der Waals surface area contributed by atoms with Crippen LogP contribution < -0.4 is 15.7 Å². The zero-order valence-electron chi connectivity index (χ0n) is 18.0. The fourth-order valence-electron chi connectivity index (χ4n) is 3.63. The molecular weight excluding hydrogens is 400 g/mol. The number of H-pyrrole nitrogens is 2. The maximum atomic E-state index is 12.4. The molecule has 1 fully saturated rings. The van der Waals surface area contributed by atoms with Crippen molar-refractivity contribution in [2.24, 2.45) is 0 Å². The topological polar surface area (TPSA) is 125 Å². The maximum Gasteiger partial charge on any atom is 0.410 e. The predicted molar refractivity (Wildman–Crippen MR) is 116 cm³/mol. The van der Waals surface area contributed by atoms with Gasteiger partial charge in [-0.3, -0.25) is 4.98 Å². The lowest BCUT2D eigenvalue weighted by molar-refractivity contribution is 0.0293. The highest BCUT2D eigenvalue weighted by Gasteiger charge is 2.30. The third-order valence-electron chi connectivity index (χ3n) is 4.96. The van der Waals surface area contributed by atoms with Crippen LogP contribution in [0.4, 0.5) is 10.6 Å². The van der Waals surface area contributed by atoms with Crippen LogP contribution in [0.2, 0.25) is 0 Å². The highest BCUT2D eigenvalue weighted by molar-refractivity contribution is 5.99. The Balaban J connectivity index is 1.65. The molecule has 3 aromatic rings. The predicted octanol–water partition coefficient (Wildman–Crippen LogP) is 2.74. The molecule has 0 spiro atoms. The first-order valence-electron chi connectivity index (χ1n) is 10.1. The van der Waals surface area contributed by atoms with E-state index in [-0.39, 0.29) is 12.1 Å². The molecule has 31 heavy (non-hydrogen) atoms. The molecule has 1 atom stereocenters. The summed E-state index contributed by atoms with van der Waals surface area (Å²) in [6.45, 7) is 6.64. The number of hydrogen-bond acceptors (Lipinski definition) is 7. The molecular formula is C21H26N6O4. The molecule has 164 valence electrons. The van der Waals surface area contributed by atoms with Crippen LogP contribution in [0.5, 0.6) is 5.75 Å². The van der Waals surface area contributed by atoms with E-state index < -0.39 is 11.3 Å². The van der Waals surface area contributed by atoms with E-state index in [1.807, 2.05) is 45.0 Å². The summed E-state index contributed by atoms with van der Waals surface area (Å²) < 4.78 is 11.0. The van der Waals surface area contributed by atoms with E-state index in [0.29, 0.717) is 36.2 Å². The smallest absolute Gasteiger partial charge is 0.410 e. The van der Waals surface area contributed by atoms with Gasteiger partial charge < -0.3 is 19.7 Å². The Morgan fingerprint density at radius 3 is 2.81 bits per heavy atom. The second kappa shape index (κ2) is 7.93. The normalized spacial score (nSPS) is 16.5. The van der Waals surface area contributed by atoms with Gasteiger partial charge in [0.1, 0.15) is 22.9 Å². The second-order valence-electron chi connectivity index (χ2n) is 8.50. The van der Waals surface area contributed by atoms with E-state index in [4.69, 9.17) is 14.5 Å². The molecule has 1 amide bonds. The van der Waals surface area contributed by atoms with Gasteiger partial charge in [-0.2, -0.15) is 5.10 Å². The lowest BCUT2D eigenvalue weighted by Crippen LogP contribution is -2.36. The number of hydrogen-bond donors (Lipinski definition) is 3. The van der Waals surface area contributed by atoms with Gasteiger partial charge in [-0.05, 0) is 44.7 Å². The van der Waals surface area contributed by atoms with E-state index in [2.05, 4.69) is 20.5 Å². The summed E-state index contributed by atoms with van der Waals surface area (Å²) in [6.07, 6.45) is 0.427. The minimum Gasteiger partial charge on any atom is -0.496 e. The monoisotopic (exact) mass is 426 g/mol. The summed E-state index contributed by atoms with van der Waals surface area (Å²) in [5.41, 5.74) is -0.424. The highest BCUT2D eigenvalue weighted by atomic mass is 16.6. The molecule has 0 saturated carbocycles. The minimum atomic E-state index is -0.539. The molecule has 1 aliphatic heterocycles. The van der Waals surface area contributed by atoms with Crippen LogP contribution >= 0.6 is 0 Å². The number of benzene rings is 1. The van der Waals surface area contributed by atoms with Crippen LogP contribution in [-0.4, -0.2) is 63.0 Å². The number of pyridine rings is 1. The standard InChI is InChI=1S/C21H26N6O4/c1-21(2,3)31-20(29)27-9-8-13(11-27)22-18-16-12(6-5-7-15(16)30-4)10-14(23-18)17-24-19(28)26-25-17/h5-7,10,13H,8-9,11H2,1-4H3,(H,22,23)(H2,24,25,26,28)/t13-/m0/s1. The molecule has 2 aromatic heterocycles. The number of fused-ring (bicyclic) bond motifs is 1. The van der Waals surface area contributed by atoms with Crippen molar-refractivity contribution >= 4 is 22.7 Å². The number of nitrogens with zero attached hydrogens (tertiary/aromatic N) is 3. The molecule has 0 radical (unpaired) electrons. The van der Waals surface area contributed by atoms with E-state index in [0.717, 1.165) is 17.2 Å². The van der Waals surface area contributed by atoms with Gasteiger partial charge >= 0.3 is 11.8 Å². The van der Waals surface area contributed by atoms with E-state index in [1.165, 1.54) is 0 Å². The molecule has 1 aliphatic rings. The average molecular weight is 426 g/mol. The van der Waals surface area contributed by atoms with Crippen molar-refractivity contribution in [3.8, 4) is 17.3 Å². The molecule has 4 rings (SSSR count). The fourth-order valence-corrected chi connectivity index (χ4v) is 3.63. The molecule has 0 unspecified atom stereocenters. The molecule has 3 heterocycles. The lowest BCUT2D eigenvalue weighted by atomic mass is 10.1. The van der Waals surface area contributed by atoms with Gasteiger partial charge in [0.15, 0.2) is 5.82 Å². The molecule has 10 heteroatoms. The molecule has 1 aromatic carbocycles. The first-order valence-corrected chi connectivity index (χ1v) is 10.1. The Hall–Kier alpha value is -3.56. The molecule has 0 aliphatic carbocycles.